The van der Waals surface area contributed by atoms with Crippen LogP contribution in [-0.2, 0) is 15.6 Å². The first-order valence-corrected chi connectivity index (χ1v) is 9.67. The van der Waals surface area contributed by atoms with E-state index in [-0.39, 0.29) is 24.9 Å². The zero-order valence-electron chi connectivity index (χ0n) is 14.5. The number of anilines is 1. The lowest BCUT2D eigenvalue weighted by atomic mass is 10.2. The van der Waals surface area contributed by atoms with Gasteiger partial charge in [0.15, 0.2) is 21.3 Å². The number of furan rings is 1. The standard InChI is InChI=1S/C17H20N2O6S/c1-23-15-7-3-6-14(16(15)24-2)18-17(20)19-9-13(10-19)26(21,22)11-12-5-4-8-25-12/h3-8,13H,9-11H2,1-2H3,(H,18,20). The molecule has 1 N–H and O–H groups in total. The van der Waals surface area contributed by atoms with Crippen LogP contribution in [0.25, 0.3) is 0 Å². The number of amides is 2. The van der Waals surface area contributed by atoms with Gasteiger partial charge in [0.2, 0.25) is 0 Å². The molecule has 1 saturated heterocycles. The normalized spacial score (nSPS) is 14.6. The highest BCUT2D eigenvalue weighted by molar-refractivity contribution is 7.91. The maximum absolute atomic E-state index is 12.4. The predicted octanol–water partition coefficient (Wildman–Crippen LogP) is 2.13. The fraction of sp³-hybridized carbons (Fsp3) is 0.353. The van der Waals surface area contributed by atoms with E-state index in [4.69, 9.17) is 13.9 Å². The second-order valence-corrected chi connectivity index (χ2v) is 8.17. The van der Waals surface area contributed by atoms with Crippen molar-refractivity contribution < 1.29 is 27.1 Å². The number of hydrogen-bond acceptors (Lipinski definition) is 6. The van der Waals surface area contributed by atoms with Crippen molar-refractivity contribution in [3.05, 3.63) is 42.4 Å². The molecule has 0 spiro atoms. The quantitative estimate of drug-likeness (QED) is 0.824. The van der Waals surface area contributed by atoms with E-state index in [1.165, 1.54) is 25.4 Å². The summed E-state index contributed by atoms with van der Waals surface area (Å²) < 4.78 is 40.2. The van der Waals surface area contributed by atoms with Crippen LogP contribution in [-0.4, -0.2) is 51.9 Å². The van der Waals surface area contributed by atoms with Crippen LogP contribution in [0.15, 0.2) is 41.0 Å². The van der Waals surface area contributed by atoms with Gasteiger partial charge in [0.05, 0.1) is 31.4 Å². The minimum atomic E-state index is -3.37. The minimum absolute atomic E-state index is 0.140. The lowest BCUT2D eigenvalue weighted by Gasteiger charge is -2.38. The highest BCUT2D eigenvalue weighted by atomic mass is 32.2. The van der Waals surface area contributed by atoms with E-state index in [1.807, 2.05) is 0 Å². The van der Waals surface area contributed by atoms with Crippen molar-refractivity contribution in [2.45, 2.75) is 11.0 Å². The number of hydrogen-bond donors (Lipinski definition) is 1. The molecule has 1 aromatic carbocycles. The summed E-state index contributed by atoms with van der Waals surface area (Å²) >= 11 is 0. The number of rotatable bonds is 6. The number of carbonyl (C=O) groups is 1. The molecule has 1 aliphatic rings. The molecule has 2 amide bonds. The molecule has 1 fully saturated rings. The Balaban J connectivity index is 1.60. The van der Waals surface area contributed by atoms with E-state index >= 15 is 0 Å². The van der Waals surface area contributed by atoms with E-state index < -0.39 is 15.1 Å². The molecule has 8 nitrogen and oxygen atoms in total. The Labute approximate surface area is 151 Å². The highest BCUT2D eigenvalue weighted by Crippen LogP contribution is 2.35. The molecular weight excluding hydrogens is 360 g/mol. The summed E-state index contributed by atoms with van der Waals surface area (Å²) in [6, 6.07) is 8.01. The first-order valence-electron chi connectivity index (χ1n) is 7.95. The third-order valence-corrected chi connectivity index (χ3v) is 6.21. The number of ether oxygens (including phenoxy) is 2. The van der Waals surface area contributed by atoms with Gasteiger partial charge in [-0.3, -0.25) is 0 Å². The number of sulfone groups is 1. The monoisotopic (exact) mass is 380 g/mol. The zero-order valence-corrected chi connectivity index (χ0v) is 15.3. The summed E-state index contributed by atoms with van der Waals surface area (Å²) in [5, 5.41) is 2.13. The fourth-order valence-corrected chi connectivity index (χ4v) is 4.33. The molecule has 0 aliphatic carbocycles. The number of para-hydroxylation sites is 1. The van der Waals surface area contributed by atoms with Crippen molar-refractivity contribution in [2.75, 3.05) is 32.6 Å². The summed E-state index contributed by atoms with van der Waals surface area (Å²) in [5.74, 6) is 1.14. The third kappa shape index (κ3) is 3.62. The van der Waals surface area contributed by atoms with Gasteiger partial charge in [-0.05, 0) is 24.3 Å². The number of nitrogens with zero attached hydrogens (tertiary/aromatic N) is 1. The van der Waals surface area contributed by atoms with Crippen LogP contribution in [0.1, 0.15) is 5.76 Å². The Kier molecular flexibility index (Phi) is 5.08. The summed E-state index contributed by atoms with van der Waals surface area (Å²) in [7, 11) is -0.382. The third-order valence-electron chi connectivity index (χ3n) is 4.21. The van der Waals surface area contributed by atoms with E-state index in [2.05, 4.69) is 5.32 Å². The number of likely N-dealkylation sites (tertiary alicyclic amines) is 1. The number of methoxy groups -OCH3 is 2. The number of urea groups is 1. The van der Waals surface area contributed by atoms with Gasteiger partial charge in [-0.15, -0.1) is 0 Å². The molecular formula is C17H20N2O6S. The molecule has 0 unspecified atom stereocenters. The van der Waals surface area contributed by atoms with E-state index in [0.717, 1.165) is 0 Å². The van der Waals surface area contributed by atoms with Gasteiger partial charge < -0.3 is 24.1 Å². The second-order valence-electron chi connectivity index (χ2n) is 5.88. The van der Waals surface area contributed by atoms with Crippen LogP contribution in [0.3, 0.4) is 0 Å². The molecule has 2 aromatic rings. The highest BCUT2D eigenvalue weighted by Gasteiger charge is 2.40. The molecule has 2 heterocycles. The van der Waals surface area contributed by atoms with E-state index in [1.54, 1.807) is 30.3 Å². The topological polar surface area (TPSA) is 98.1 Å². The minimum Gasteiger partial charge on any atom is -0.493 e. The van der Waals surface area contributed by atoms with Crippen molar-refractivity contribution >= 4 is 21.6 Å². The van der Waals surface area contributed by atoms with Gasteiger partial charge >= 0.3 is 6.03 Å². The second kappa shape index (κ2) is 7.28. The summed E-state index contributed by atoms with van der Waals surface area (Å²) in [4.78, 5) is 13.8. The molecule has 0 radical (unpaired) electrons. The molecule has 9 heteroatoms. The molecule has 140 valence electrons. The zero-order chi connectivity index (χ0) is 18.7. The van der Waals surface area contributed by atoms with Gasteiger partial charge in [0.1, 0.15) is 11.5 Å². The van der Waals surface area contributed by atoms with Crippen LogP contribution in [0.5, 0.6) is 11.5 Å². The van der Waals surface area contributed by atoms with Crippen LogP contribution >= 0.6 is 0 Å². The van der Waals surface area contributed by atoms with Crippen molar-refractivity contribution in [1.82, 2.24) is 4.90 Å². The molecule has 0 saturated carbocycles. The lowest BCUT2D eigenvalue weighted by Crippen LogP contribution is -2.58. The Bertz CT molecular complexity index is 873. The summed E-state index contributed by atoms with van der Waals surface area (Å²) in [6.07, 6.45) is 1.44. The largest absolute Gasteiger partial charge is 0.493 e. The van der Waals surface area contributed by atoms with Crippen molar-refractivity contribution in [3.63, 3.8) is 0 Å². The first kappa shape index (κ1) is 18.1. The average molecular weight is 380 g/mol. The van der Waals surface area contributed by atoms with Crippen molar-refractivity contribution in [2.24, 2.45) is 0 Å². The van der Waals surface area contributed by atoms with Gasteiger partial charge in [-0.25, -0.2) is 13.2 Å². The number of carbonyl (C=O) groups excluding carboxylic acids is 1. The average Bonchev–Trinajstić information content (AvgIpc) is 3.04. The van der Waals surface area contributed by atoms with E-state index in [9.17, 15) is 13.2 Å². The van der Waals surface area contributed by atoms with Crippen LogP contribution < -0.4 is 14.8 Å². The SMILES string of the molecule is COc1cccc(NC(=O)N2CC(S(=O)(=O)Cc3ccco3)C2)c1OC. The van der Waals surface area contributed by atoms with Crippen molar-refractivity contribution in [3.8, 4) is 11.5 Å². The fourth-order valence-electron chi connectivity index (χ4n) is 2.72. The number of benzene rings is 1. The molecule has 1 aliphatic heterocycles. The first-order chi connectivity index (χ1) is 12.4. The number of nitrogens with one attached hydrogen (secondary N) is 1. The molecule has 1 aromatic heterocycles. The van der Waals surface area contributed by atoms with Gasteiger partial charge in [0, 0.05) is 13.1 Å². The van der Waals surface area contributed by atoms with Gasteiger partial charge in [-0.1, -0.05) is 6.07 Å². The molecule has 0 atom stereocenters. The Morgan fingerprint density at radius 3 is 2.62 bits per heavy atom. The Hall–Kier alpha value is -2.68. The smallest absolute Gasteiger partial charge is 0.322 e. The van der Waals surface area contributed by atoms with Gasteiger partial charge in [-0.2, -0.15) is 0 Å². The predicted molar refractivity (Wildman–Crippen MR) is 95.3 cm³/mol. The Morgan fingerprint density at radius 1 is 1.23 bits per heavy atom. The van der Waals surface area contributed by atoms with Crippen LogP contribution in [0, 0.1) is 0 Å². The summed E-state index contributed by atoms with van der Waals surface area (Å²) in [6.45, 7) is 0.280. The lowest BCUT2D eigenvalue weighted by molar-refractivity contribution is 0.182. The van der Waals surface area contributed by atoms with E-state index in [0.29, 0.717) is 22.9 Å². The van der Waals surface area contributed by atoms with Crippen LogP contribution in [0.2, 0.25) is 0 Å². The molecule has 26 heavy (non-hydrogen) atoms. The summed E-state index contributed by atoms with van der Waals surface area (Å²) in [5.41, 5.74) is 0.457. The van der Waals surface area contributed by atoms with Gasteiger partial charge in [0.25, 0.3) is 0 Å². The maximum atomic E-state index is 12.4. The maximum Gasteiger partial charge on any atom is 0.322 e. The Morgan fingerprint density at radius 2 is 2.00 bits per heavy atom. The van der Waals surface area contributed by atoms with Crippen molar-refractivity contribution in [1.29, 1.82) is 0 Å². The van der Waals surface area contributed by atoms with Crippen LogP contribution in [0.4, 0.5) is 10.5 Å². The molecule has 3 rings (SSSR count). The molecule has 0 bridgehead atoms.